The molecule has 18 heavy (non-hydrogen) atoms. The van der Waals surface area contributed by atoms with Crippen molar-refractivity contribution in [2.24, 2.45) is 0 Å². The Morgan fingerprint density at radius 2 is 1.67 bits per heavy atom. The zero-order chi connectivity index (χ0) is 13.3. The van der Waals surface area contributed by atoms with Crippen LogP contribution < -0.4 is 0 Å². The van der Waals surface area contributed by atoms with E-state index in [1.54, 1.807) is 13.8 Å². The highest BCUT2D eigenvalue weighted by molar-refractivity contribution is 9.09. The van der Waals surface area contributed by atoms with E-state index in [1.807, 2.05) is 36.4 Å². The second-order valence-electron chi connectivity index (χ2n) is 4.39. The lowest BCUT2D eigenvalue weighted by molar-refractivity contribution is 0.608. The van der Waals surface area contributed by atoms with Gasteiger partial charge in [-0.05, 0) is 48.2 Å². The van der Waals surface area contributed by atoms with Crippen LogP contribution >= 0.6 is 27.5 Å². The largest absolute Gasteiger partial charge is 0.206 e. The monoisotopic (exact) mass is 326 g/mol. The van der Waals surface area contributed by atoms with Gasteiger partial charge in [0.25, 0.3) is 0 Å². The quantitative estimate of drug-likeness (QED) is 0.632. The molecule has 0 aliphatic carbocycles. The predicted molar refractivity (Wildman–Crippen MR) is 78.1 cm³/mol. The van der Waals surface area contributed by atoms with E-state index in [0.29, 0.717) is 16.1 Å². The average Bonchev–Trinajstić information content (AvgIpc) is 2.34. The van der Waals surface area contributed by atoms with Crippen molar-refractivity contribution in [3.8, 4) is 0 Å². The summed E-state index contributed by atoms with van der Waals surface area (Å²) in [7, 11) is 0. The lowest BCUT2D eigenvalue weighted by Gasteiger charge is -2.13. The topological polar surface area (TPSA) is 0 Å². The Hall–Kier alpha value is -0.860. The van der Waals surface area contributed by atoms with Gasteiger partial charge < -0.3 is 0 Å². The maximum Gasteiger partial charge on any atom is 0.129 e. The minimum Gasteiger partial charge on any atom is -0.206 e. The van der Waals surface area contributed by atoms with E-state index in [4.69, 9.17) is 11.6 Å². The lowest BCUT2D eigenvalue weighted by atomic mass is 10.00. The van der Waals surface area contributed by atoms with Gasteiger partial charge in [0.15, 0.2) is 0 Å². The zero-order valence-corrected chi connectivity index (χ0v) is 12.5. The second kappa shape index (κ2) is 5.41. The summed E-state index contributed by atoms with van der Waals surface area (Å²) in [6.07, 6.45) is 0. The predicted octanol–water partition coefficient (Wildman–Crippen LogP) is 5.58. The minimum atomic E-state index is -0.135. The number of hydrogen-bond donors (Lipinski definition) is 0. The summed E-state index contributed by atoms with van der Waals surface area (Å²) >= 11 is 9.62. The van der Waals surface area contributed by atoms with Crippen molar-refractivity contribution in [2.45, 2.75) is 18.7 Å². The molecule has 0 bridgehead atoms. The van der Waals surface area contributed by atoms with Crippen molar-refractivity contribution in [3.63, 3.8) is 0 Å². The van der Waals surface area contributed by atoms with E-state index < -0.39 is 0 Å². The van der Waals surface area contributed by atoms with Crippen LogP contribution in [0.2, 0.25) is 5.02 Å². The number of benzene rings is 2. The summed E-state index contributed by atoms with van der Waals surface area (Å²) < 4.78 is 13.6. The van der Waals surface area contributed by atoms with Crippen LogP contribution in [-0.2, 0) is 0 Å². The number of alkyl halides is 1. The molecule has 0 radical (unpaired) electrons. The highest BCUT2D eigenvalue weighted by atomic mass is 79.9. The van der Waals surface area contributed by atoms with Crippen LogP contribution in [0.3, 0.4) is 0 Å². The molecule has 2 aromatic carbocycles. The molecule has 2 rings (SSSR count). The van der Waals surface area contributed by atoms with Gasteiger partial charge in [0.05, 0.1) is 4.83 Å². The van der Waals surface area contributed by atoms with E-state index in [0.717, 1.165) is 11.1 Å². The summed E-state index contributed by atoms with van der Waals surface area (Å²) in [6.45, 7) is 3.56. The smallest absolute Gasteiger partial charge is 0.129 e. The van der Waals surface area contributed by atoms with Crippen LogP contribution in [0.1, 0.15) is 27.1 Å². The molecule has 0 saturated heterocycles. The molecule has 0 saturated carbocycles. The van der Waals surface area contributed by atoms with Crippen molar-refractivity contribution >= 4 is 27.5 Å². The second-order valence-corrected chi connectivity index (χ2v) is 5.74. The Labute approximate surface area is 120 Å². The molecule has 0 aliphatic rings. The fraction of sp³-hybridized carbons (Fsp3) is 0.200. The summed E-state index contributed by atoms with van der Waals surface area (Å²) in [5.41, 5.74) is 3.43. The van der Waals surface area contributed by atoms with Crippen LogP contribution in [0, 0.1) is 19.7 Å². The van der Waals surface area contributed by atoms with Gasteiger partial charge in [-0.1, -0.05) is 51.8 Å². The minimum absolute atomic E-state index is 0.0224. The molecular weight excluding hydrogens is 315 g/mol. The van der Waals surface area contributed by atoms with E-state index in [1.165, 1.54) is 0 Å². The van der Waals surface area contributed by atoms with Crippen molar-refractivity contribution < 1.29 is 4.39 Å². The molecule has 0 nitrogen and oxygen atoms in total. The summed E-state index contributed by atoms with van der Waals surface area (Å²) in [4.78, 5) is 0.0224. The highest BCUT2D eigenvalue weighted by Crippen LogP contribution is 2.33. The third-order valence-electron chi connectivity index (χ3n) is 2.89. The molecule has 0 spiro atoms. The average molecular weight is 328 g/mol. The van der Waals surface area contributed by atoms with Crippen LogP contribution in [0.25, 0.3) is 0 Å². The molecule has 1 atom stereocenters. The third-order valence-corrected chi connectivity index (χ3v) is 4.19. The molecule has 1 unspecified atom stereocenters. The third kappa shape index (κ3) is 2.76. The Bertz CT molecular complexity index is 557. The van der Waals surface area contributed by atoms with Gasteiger partial charge in [-0.2, -0.15) is 0 Å². The van der Waals surface area contributed by atoms with Crippen molar-refractivity contribution in [1.82, 2.24) is 0 Å². The maximum atomic E-state index is 13.6. The number of aryl methyl sites for hydroxylation is 2. The molecule has 2 aromatic rings. The van der Waals surface area contributed by atoms with Crippen molar-refractivity contribution in [2.75, 3.05) is 0 Å². The van der Waals surface area contributed by atoms with E-state index in [9.17, 15) is 4.39 Å². The number of hydrogen-bond acceptors (Lipinski definition) is 0. The number of halogens is 3. The zero-order valence-electron chi connectivity index (χ0n) is 10.2. The van der Waals surface area contributed by atoms with Crippen molar-refractivity contribution in [3.05, 3.63) is 69.5 Å². The summed E-state index contributed by atoms with van der Waals surface area (Å²) in [5.74, 6) is -0.135. The van der Waals surface area contributed by atoms with Crippen LogP contribution in [0.4, 0.5) is 4.39 Å². The molecule has 0 heterocycles. The van der Waals surface area contributed by atoms with Gasteiger partial charge in [-0.25, -0.2) is 4.39 Å². The molecule has 0 N–H and O–H groups in total. The van der Waals surface area contributed by atoms with E-state index >= 15 is 0 Å². The van der Waals surface area contributed by atoms with E-state index in [-0.39, 0.29) is 10.6 Å². The normalized spacial score (nSPS) is 12.5. The summed E-state index contributed by atoms with van der Waals surface area (Å²) in [6, 6.07) is 11.4. The summed E-state index contributed by atoms with van der Waals surface area (Å²) in [5, 5.41) is 0.701. The SMILES string of the molecule is Cc1cc(C(Br)c2cccc(Cl)c2)cc(C)c1F. The molecule has 0 aliphatic heterocycles. The lowest BCUT2D eigenvalue weighted by Crippen LogP contribution is -1.97. The van der Waals surface area contributed by atoms with Crippen LogP contribution in [0.15, 0.2) is 36.4 Å². The van der Waals surface area contributed by atoms with Gasteiger partial charge >= 0.3 is 0 Å². The molecule has 3 heteroatoms. The first-order valence-corrected chi connectivity index (χ1v) is 6.94. The number of rotatable bonds is 2. The van der Waals surface area contributed by atoms with E-state index in [2.05, 4.69) is 15.9 Å². The van der Waals surface area contributed by atoms with Crippen LogP contribution in [-0.4, -0.2) is 0 Å². The Balaban J connectivity index is 2.43. The van der Waals surface area contributed by atoms with Gasteiger partial charge in [-0.15, -0.1) is 0 Å². The fourth-order valence-electron chi connectivity index (χ4n) is 1.98. The van der Waals surface area contributed by atoms with Gasteiger partial charge in [0.1, 0.15) is 5.82 Å². The first kappa shape index (κ1) is 13.6. The van der Waals surface area contributed by atoms with Gasteiger partial charge in [0, 0.05) is 5.02 Å². The fourth-order valence-corrected chi connectivity index (χ4v) is 2.73. The molecule has 0 aromatic heterocycles. The Morgan fingerprint density at radius 3 is 2.22 bits per heavy atom. The first-order valence-electron chi connectivity index (χ1n) is 5.65. The Kier molecular flexibility index (Phi) is 4.08. The van der Waals surface area contributed by atoms with Crippen LogP contribution in [0.5, 0.6) is 0 Å². The molecule has 94 valence electrons. The Morgan fingerprint density at radius 1 is 1.06 bits per heavy atom. The molecular formula is C15H13BrClF. The maximum absolute atomic E-state index is 13.6. The van der Waals surface area contributed by atoms with Gasteiger partial charge in [0.2, 0.25) is 0 Å². The van der Waals surface area contributed by atoms with Gasteiger partial charge in [-0.3, -0.25) is 0 Å². The molecule has 0 fully saturated rings. The molecule has 0 amide bonds. The first-order chi connectivity index (χ1) is 8.49. The highest BCUT2D eigenvalue weighted by Gasteiger charge is 2.13. The van der Waals surface area contributed by atoms with Crippen molar-refractivity contribution in [1.29, 1.82) is 0 Å². The standard InChI is InChI=1S/C15H13BrClF/c1-9-6-12(7-10(2)15(9)18)14(16)11-4-3-5-13(17)8-11/h3-8,14H,1-2H3.